The van der Waals surface area contributed by atoms with Crippen LogP contribution in [0.2, 0.25) is 0 Å². The van der Waals surface area contributed by atoms with E-state index in [0.717, 1.165) is 51.3 Å². The number of hydrogen-bond acceptors (Lipinski definition) is 7. The van der Waals surface area contributed by atoms with Crippen molar-refractivity contribution in [2.45, 2.75) is 57.8 Å². The van der Waals surface area contributed by atoms with Gasteiger partial charge in [0.2, 0.25) is 11.8 Å². The van der Waals surface area contributed by atoms with Crippen LogP contribution in [0.25, 0.3) is 0 Å². The molecule has 4 heterocycles. The molecule has 2 fully saturated rings. The average Bonchev–Trinajstić information content (AvgIpc) is 3.37. The Kier molecular flexibility index (Phi) is 6.01. The fourth-order valence-electron chi connectivity index (χ4n) is 3.75. The summed E-state index contributed by atoms with van der Waals surface area (Å²) in [6.45, 7) is 5.36. The molecule has 0 N–H and O–H groups in total. The maximum absolute atomic E-state index is 12.6. The number of nitrogens with zero attached hydrogens (tertiary/aromatic N) is 5. The molecule has 9 heteroatoms. The van der Waals surface area contributed by atoms with Crippen LogP contribution in [0.5, 0.6) is 0 Å². The van der Waals surface area contributed by atoms with Gasteiger partial charge in [0.1, 0.15) is 19.0 Å². The van der Waals surface area contributed by atoms with E-state index in [0.29, 0.717) is 31.4 Å². The standard InChI is InChI=1S/C19H27N5O4/c1-14-20-6-8-23(14)12-18(25)24-7-2-3-16(11-24)27-13-17-21-19(28-22-17)15-4-9-26-10-5-15/h6,8,15-16H,2-5,7,9-13H2,1H3. The number of imidazole rings is 1. The van der Waals surface area contributed by atoms with Crippen molar-refractivity contribution >= 4 is 5.91 Å². The number of piperidine rings is 1. The molecule has 152 valence electrons. The van der Waals surface area contributed by atoms with Gasteiger partial charge in [0.15, 0.2) is 5.82 Å². The minimum Gasteiger partial charge on any atom is -0.381 e. The van der Waals surface area contributed by atoms with E-state index in [1.54, 1.807) is 6.20 Å². The van der Waals surface area contributed by atoms with Crippen molar-refractivity contribution in [1.82, 2.24) is 24.6 Å². The minimum absolute atomic E-state index is 0.00776. The van der Waals surface area contributed by atoms with Crippen LogP contribution in [-0.2, 0) is 27.4 Å². The first-order valence-corrected chi connectivity index (χ1v) is 9.96. The molecule has 0 radical (unpaired) electrons. The zero-order valence-electron chi connectivity index (χ0n) is 16.2. The Balaban J connectivity index is 1.26. The van der Waals surface area contributed by atoms with Gasteiger partial charge in [-0.3, -0.25) is 4.79 Å². The number of aromatic nitrogens is 4. The second-order valence-electron chi connectivity index (χ2n) is 7.45. The van der Waals surface area contributed by atoms with E-state index in [1.165, 1.54) is 0 Å². The molecule has 2 saturated heterocycles. The number of carbonyl (C=O) groups is 1. The molecule has 2 aliphatic heterocycles. The lowest BCUT2D eigenvalue weighted by Gasteiger charge is -2.32. The van der Waals surface area contributed by atoms with Crippen LogP contribution in [0.15, 0.2) is 16.9 Å². The highest BCUT2D eigenvalue weighted by molar-refractivity contribution is 5.76. The third-order valence-electron chi connectivity index (χ3n) is 5.46. The molecule has 0 aliphatic carbocycles. The topological polar surface area (TPSA) is 95.5 Å². The van der Waals surface area contributed by atoms with Crippen molar-refractivity contribution < 1.29 is 18.8 Å². The Hall–Kier alpha value is -2.26. The van der Waals surface area contributed by atoms with E-state index in [-0.39, 0.29) is 17.9 Å². The Labute approximate surface area is 164 Å². The molecule has 28 heavy (non-hydrogen) atoms. The predicted molar refractivity (Wildman–Crippen MR) is 98.4 cm³/mol. The van der Waals surface area contributed by atoms with E-state index < -0.39 is 0 Å². The molecule has 2 aromatic rings. The van der Waals surface area contributed by atoms with Crippen LogP contribution in [0, 0.1) is 6.92 Å². The second kappa shape index (κ2) is 8.83. The fraction of sp³-hybridized carbons (Fsp3) is 0.684. The Bertz CT molecular complexity index is 783. The number of likely N-dealkylation sites (tertiary alicyclic amines) is 1. The zero-order valence-corrected chi connectivity index (χ0v) is 16.2. The van der Waals surface area contributed by atoms with Gasteiger partial charge in [-0.05, 0) is 32.6 Å². The minimum atomic E-state index is -0.00776. The van der Waals surface area contributed by atoms with E-state index in [4.69, 9.17) is 14.0 Å². The Morgan fingerprint density at radius 2 is 2.18 bits per heavy atom. The van der Waals surface area contributed by atoms with Gasteiger partial charge < -0.3 is 23.5 Å². The van der Waals surface area contributed by atoms with Crippen molar-refractivity contribution in [1.29, 1.82) is 0 Å². The molecular weight excluding hydrogens is 362 g/mol. The SMILES string of the molecule is Cc1nccn1CC(=O)N1CCCC(OCc2noc(C3CCOCC3)n2)C1. The van der Waals surface area contributed by atoms with E-state index in [1.807, 2.05) is 22.6 Å². The summed E-state index contributed by atoms with van der Waals surface area (Å²) in [7, 11) is 0. The summed E-state index contributed by atoms with van der Waals surface area (Å²) in [5.74, 6) is 2.47. The molecule has 4 rings (SSSR count). The third-order valence-corrected chi connectivity index (χ3v) is 5.46. The van der Waals surface area contributed by atoms with Crippen molar-refractivity contribution in [3.05, 3.63) is 29.9 Å². The first-order valence-electron chi connectivity index (χ1n) is 9.96. The highest BCUT2D eigenvalue weighted by atomic mass is 16.5. The van der Waals surface area contributed by atoms with E-state index in [2.05, 4.69) is 15.1 Å². The van der Waals surface area contributed by atoms with Gasteiger partial charge in [-0.2, -0.15) is 4.98 Å². The molecule has 1 amide bonds. The molecule has 1 atom stereocenters. The van der Waals surface area contributed by atoms with Crippen LogP contribution < -0.4 is 0 Å². The number of ether oxygens (including phenoxy) is 2. The molecule has 0 spiro atoms. The van der Waals surface area contributed by atoms with Crippen LogP contribution in [0.1, 0.15) is 49.1 Å². The van der Waals surface area contributed by atoms with Gasteiger partial charge in [-0.15, -0.1) is 0 Å². The Morgan fingerprint density at radius 1 is 1.32 bits per heavy atom. The van der Waals surface area contributed by atoms with Gasteiger partial charge in [0.05, 0.1) is 6.10 Å². The summed E-state index contributed by atoms with van der Waals surface area (Å²) in [5.41, 5.74) is 0. The highest BCUT2D eigenvalue weighted by Crippen LogP contribution is 2.25. The van der Waals surface area contributed by atoms with E-state index in [9.17, 15) is 4.79 Å². The van der Waals surface area contributed by atoms with Crippen LogP contribution in [0.3, 0.4) is 0 Å². The summed E-state index contributed by atoms with van der Waals surface area (Å²) >= 11 is 0. The summed E-state index contributed by atoms with van der Waals surface area (Å²) in [5, 5.41) is 4.05. The summed E-state index contributed by atoms with van der Waals surface area (Å²) in [6.07, 6.45) is 7.22. The smallest absolute Gasteiger partial charge is 0.242 e. The van der Waals surface area contributed by atoms with Crippen molar-refractivity contribution in [2.75, 3.05) is 26.3 Å². The van der Waals surface area contributed by atoms with Gasteiger partial charge >= 0.3 is 0 Å². The summed E-state index contributed by atoms with van der Waals surface area (Å²) in [4.78, 5) is 23.1. The number of carbonyl (C=O) groups excluding carboxylic acids is 1. The second-order valence-corrected chi connectivity index (χ2v) is 7.45. The summed E-state index contributed by atoms with van der Waals surface area (Å²) in [6, 6.07) is 0. The van der Waals surface area contributed by atoms with Gasteiger partial charge in [-0.1, -0.05) is 5.16 Å². The predicted octanol–water partition coefficient (Wildman–Crippen LogP) is 1.68. The molecule has 0 aromatic carbocycles. The number of rotatable bonds is 6. The first kappa shape index (κ1) is 19.1. The number of hydrogen-bond donors (Lipinski definition) is 0. The lowest BCUT2D eigenvalue weighted by atomic mass is 10.0. The fourth-order valence-corrected chi connectivity index (χ4v) is 3.75. The Morgan fingerprint density at radius 3 is 2.96 bits per heavy atom. The highest BCUT2D eigenvalue weighted by Gasteiger charge is 2.26. The molecule has 9 nitrogen and oxygen atoms in total. The molecule has 1 unspecified atom stereocenters. The maximum atomic E-state index is 12.6. The van der Waals surface area contributed by atoms with Gasteiger partial charge in [0.25, 0.3) is 0 Å². The quantitative estimate of drug-likeness (QED) is 0.742. The van der Waals surface area contributed by atoms with Gasteiger partial charge in [0, 0.05) is 44.6 Å². The molecule has 0 bridgehead atoms. The van der Waals surface area contributed by atoms with Crippen LogP contribution in [0.4, 0.5) is 0 Å². The van der Waals surface area contributed by atoms with Crippen molar-refractivity contribution in [3.63, 3.8) is 0 Å². The molecule has 2 aliphatic rings. The normalized spacial score (nSPS) is 21.2. The van der Waals surface area contributed by atoms with Crippen LogP contribution in [-0.4, -0.2) is 62.9 Å². The average molecular weight is 389 g/mol. The van der Waals surface area contributed by atoms with Crippen LogP contribution >= 0.6 is 0 Å². The van der Waals surface area contributed by atoms with Crippen molar-refractivity contribution in [3.8, 4) is 0 Å². The lowest BCUT2D eigenvalue weighted by Crippen LogP contribution is -2.44. The zero-order chi connectivity index (χ0) is 19.3. The maximum Gasteiger partial charge on any atom is 0.242 e. The third kappa shape index (κ3) is 4.59. The largest absolute Gasteiger partial charge is 0.381 e. The molecular formula is C19H27N5O4. The molecule has 0 saturated carbocycles. The number of aryl methyl sites for hydroxylation is 1. The first-order chi connectivity index (χ1) is 13.7. The summed E-state index contributed by atoms with van der Waals surface area (Å²) < 4.78 is 18.6. The number of amides is 1. The van der Waals surface area contributed by atoms with Crippen molar-refractivity contribution in [2.24, 2.45) is 0 Å². The van der Waals surface area contributed by atoms with E-state index >= 15 is 0 Å². The lowest BCUT2D eigenvalue weighted by molar-refractivity contribution is -0.136. The van der Waals surface area contributed by atoms with Gasteiger partial charge in [-0.25, -0.2) is 4.98 Å². The molecule has 2 aromatic heterocycles. The monoisotopic (exact) mass is 389 g/mol.